The maximum atomic E-state index is 13.0. The summed E-state index contributed by atoms with van der Waals surface area (Å²) in [6, 6.07) is 5.75. The summed E-state index contributed by atoms with van der Waals surface area (Å²) in [4.78, 5) is 25.6. The van der Waals surface area contributed by atoms with Crippen molar-refractivity contribution >= 4 is 17.5 Å². The molecule has 2 aromatic rings. The predicted octanol–water partition coefficient (Wildman–Crippen LogP) is 3.71. The van der Waals surface area contributed by atoms with Crippen molar-refractivity contribution in [3.8, 4) is 0 Å². The molecule has 7 nitrogen and oxygen atoms in total. The fourth-order valence-electron chi connectivity index (χ4n) is 2.09. The minimum atomic E-state index is -1.09. The Kier molecular flexibility index (Phi) is 6.95. The standard InChI is InChI=1S/C17H17F2N3O4/c18-14-6-4-12(10-15(14)19)17(23)26-9-3-1-2-8-20-16-7-5-13(11-21-16)22(24)25/h4-7,10-11H,1-3,8-9H2,(H,20,21). The summed E-state index contributed by atoms with van der Waals surface area (Å²) >= 11 is 0. The van der Waals surface area contributed by atoms with Crippen molar-refractivity contribution in [1.82, 2.24) is 4.98 Å². The van der Waals surface area contributed by atoms with Gasteiger partial charge in [0.1, 0.15) is 12.0 Å². The third-order valence-electron chi connectivity index (χ3n) is 3.47. The van der Waals surface area contributed by atoms with Crippen LogP contribution in [0.1, 0.15) is 29.6 Å². The van der Waals surface area contributed by atoms with Gasteiger partial charge in [0, 0.05) is 12.6 Å². The SMILES string of the molecule is O=C(OCCCCCNc1ccc([N+](=O)[O-])cn1)c1ccc(F)c(F)c1. The van der Waals surface area contributed by atoms with Crippen LogP contribution in [0.25, 0.3) is 0 Å². The topological polar surface area (TPSA) is 94.4 Å². The van der Waals surface area contributed by atoms with Crippen LogP contribution in [0.2, 0.25) is 0 Å². The fourth-order valence-corrected chi connectivity index (χ4v) is 2.09. The van der Waals surface area contributed by atoms with Crippen molar-refractivity contribution in [2.24, 2.45) is 0 Å². The molecule has 0 unspecified atom stereocenters. The van der Waals surface area contributed by atoms with E-state index in [9.17, 15) is 23.7 Å². The molecule has 9 heteroatoms. The molecular weight excluding hydrogens is 348 g/mol. The number of anilines is 1. The summed E-state index contributed by atoms with van der Waals surface area (Å²) in [5.74, 6) is -2.26. The van der Waals surface area contributed by atoms with Gasteiger partial charge in [-0.15, -0.1) is 0 Å². The van der Waals surface area contributed by atoms with Crippen molar-refractivity contribution in [2.45, 2.75) is 19.3 Å². The normalized spacial score (nSPS) is 10.4. The summed E-state index contributed by atoms with van der Waals surface area (Å²) in [7, 11) is 0. The number of ether oxygens (including phenoxy) is 1. The average Bonchev–Trinajstić information content (AvgIpc) is 2.63. The number of unbranched alkanes of at least 4 members (excludes halogenated alkanes) is 2. The molecule has 0 amide bonds. The van der Waals surface area contributed by atoms with E-state index in [-0.39, 0.29) is 17.9 Å². The Bertz CT molecular complexity index is 769. The van der Waals surface area contributed by atoms with E-state index in [2.05, 4.69) is 10.3 Å². The van der Waals surface area contributed by atoms with Gasteiger partial charge in [-0.05, 0) is 43.5 Å². The molecule has 26 heavy (non-hydrogen) atoms. The van der Waals surface area contributed by atoms with Crippen LogP contribution in [0.5, 0.6) is 0 Å². The first-order valence-corrected chi connectivity index (χ1v) is 7.94. The first-order chi connectivity index (χ1) is 12.5. The van der Waals surface area contributed by atoms with Crippen molar-refractivity contribution < 1.29 is 23.2 Å². The minimum absolute atomic E-state index is 0.0326. The highest BCUT2D eigenvalue weighted by atomic mass is 19.2. The summed E-state index contributed by atoms with van der Waals surface area (Å²) in [5.41, 5.74) is -0.104. The molecule has 0 radical (unpaired) electrons. The lowest BCUT2D eigenvalue weighted by Crippen LogP contribution is -2.08. The second-order valence-corrected chi connectivity index (χ2v) is 5.41. The Morgan fingerprint density at radius 1 is 1.15 bits per heavy atom. The van der Waals surface area contributed by atoms with E-state index in [0.29, 0.717) is 18.8 Å². The van der Waals surface area contributed by atoms with Crippen LogP contribution in [0.15, 0.2) is 36.5 Å². The number of benzene rings is 1. The van der Waals surface area contributed by atoms with Crippen LogP contribution in [-0.2, 0) is 4.74 Å². The van der Waals surface area contributed by atoms with E-state index >= 15 is 0 Å². The number of hydrogen-bond acceptors (Lipinski definition) is 6. The zero-order valence-electron chi connectivity index (χ0n) is 13.8. The number of esters is 1. The number of aromatic nitrogens is 1. The molecule has 0 aliphatic carbocycles. The van der Waals surface area contributed by atoms with Gasteiger partial charge in [-0.2, -0.15) is 0 Å². The Hall–Kier alpha value is -3.10. The van der Waals surface area contributed by atoms with E-state index in [4.69, 9.17) is 4.74 Å². The Morgan fingerprint density at radius 3 is 2.62 bits per heavy atom. The lowest BCUT2D eigenvalue weighted by molar-refractivity contribution is -0.385. The van der Waals surface area contributed by atoms with E-state index in [1.54, 1.807) is 0 Å². The number of rotatable bonds is 9. The molecule has 1 heterocycles. The van der Waals surface area contributed by atoms with Crippen LogP contribution >= 0.6 is 0 Å². The van der Waals surface area contributed by atoms with E-state index in [0.717, 1.165) is 25.0 Å². The number of carbonyl (C=O) groups excluding carboxylic acids is 1. The number of nitro groups is 1. The van der Waals surface area contributed by atoms with Gasteiger partial charge in [-0.25, -0.2) is 18.6 Å². The van der Waals surface area contributed by atoms with Crippen LogP contribution < -0.4 is 5.32 Å². The summed E-state index contributed by atoms with van der Waals surface area (Å²) in [6.45, 7) is 0.787. The lowest BCUT2D eigenvalue weighted by atomic mass is 10.2. The summed E-state index contributed by atoms with van der Waals surface area (Å²) < 4.78 is 30.8. The highest BCUT2D eigenvalue weighted by molar-refractivity contribution is 5.89. The smallest absolute Gasteiger partial charge is 0.338 e. The molecular formula is C17H17F2N3O4. The van der Waals surface area contributed by atoms with Gasteiger partial charge >= 0.3 is 5.97 Å². The number of nitrogens with one attached hydrogen (secondary N) is 1. The van der Waals surface area contributed by atoms with Crippen molar-refractivity contribution in [1.29, 1.82) is 0 Å². The Labute approximate surface area is 148 Å². The van der Waals surface area contributed by atoms with Gasteiger partial charge in [0.15, 0.2) is 11.6 Å². The maximum Gasteiger partial charge on any atom is 0.338 e. The number of carbonyl (C=O) groups is 1. The molecule has 0 saturated carbocycles. The number of nitrogens with zero attached hydrogens (tertiary/aromatic N) is 2. The molecule has 0 aliphatic heterocycles. The molecule has 1 aromatic carbocycles. The molecule has 138 valence electrons. The van der Waals surface area contributed by atoms with E-state index in [1.807, 2.05) is 0 Å². The quantitative estimate of drug-likeness (QED) is 0.315. The second kappa shape index (κ2) is 9.40. The Balaban J connectivity index is 1.59. The maximum absolute atomic E-state index is 13.0. The van der Waals surface area contributed by atoms with Crippen LogP contribution in [0.4, 0.5) is 20.3 Å². The van der Waals surface area contributed by atoms with Crippen molar-refractivity contribution in [2.75, 3.05) is 18.5 Å². The van der Waals surface area contributed by atoms with Gasteiger partial charge in [-0.1, -0.05) is 0 Å². The lowest BCUT2D eigenvalue weighted by Gasteiger charge is -2.06. The highest BCUT2D eigenvalue weighted by Gasteiger charge is 2.10. The molecule has 2 rings (SSSR count). The monoisotopic (exact) mass is 365 g/mol. The molecule has 0 fully saturated rings. The average molecular weight is 365 g/mol. The van der Waals surface area contributed by atoms with Crippen LogP contribution in [0, 0.1) is 21.7 Å². The van der Waals surface area contributed by atoms with Crippen molar-refractivity contribution in [3.05, 3.63) is 63.8 Å². The molecule has 0 saturated heterocycles. The molecule has 0 atom stereocenters. The molecule has 0 aliphatic rings. The molecule has 0 bridgehead atoms. The Morgan fingerprint density at radius 2 is 1.96 bits per heavy atom. The predicted molar refractivity (Wildman–Crippen MR) is 89.9 cm³/mol. The van der Waals surface area contributed by atoms with Crippen LogP contribution in [-0.4, -0.2) is 29.0 Å². The molecule has 1 N–H and O–H groups in total. The van der Waals surface area contributed by atoms with Gasteiger partial charge in [0.05, 0.1) is 17.1 Å². The number of halogens is 2. The zero-order chi connectivity index (χ0) is 18.9. The minimum Gasteiger partial charge on any atom is -0.462 e. The van der Waals surface area contributed by atoms with Crippen molar-refractivity contribution in [3.63, 3.8) is 0 Å². The van der Waals surface area contributed by atoms with Gasteiger partial charge in [0.2, 0.25) is 0 Å². The second-order valence-electron chi connectivity index (χ2n) is 5.41. The van der Waals surface area contributed by atoms with E-state index < -0.39 is 22.5 Å². The molecule has 0 spiro atoms. The van der Waals surface area contributed by atoms with Crippen LogP contribution in [0.3, 0.4) is 0 Å². The van der Waals surface area contributed by atoms with E-state index in [1.165, 1.54) is 24.4 Å². The zero-order valence-corrected chi connectivity index (χ0v) is 13.8. The number of pyridine rings is 1. The largest absolute Gasteiger partial charge is 0.462 e. The summed E-state index contributed by atoms with van der Waals surface area (Å²) in [6.07, 6.45) is 3.34. The third-order valence-corrected chi connectivity index (χ3v) is 3.47. The van der Waals surface area contributed by atoms with Gasteiger partial charge < -0.3 is 10.1 Å². The summed E-state index contributed by atoms with van der Waals surface area (Å²) in [5, 5.41) is 13.5. The number of hydrogen-bond donors (Lipinski definition) is 1. The first-order valence-electron chi connectivity index (χ1n) is 7.94. The third kappa shape index (κ3) is 5.76. The first kappa shape index (κ1) is 19.2. The fraction of sp³-hybridized carbons (Fsp3) is 0.294. The highest BCUT2D eigenvalue weighted by Crippen LogP contribution is 2.12. The van der Waals surface area contributed by atoms with Gasteiger partial charge in [0.25, 0.3) is 5.69 Å². The van der Waals surface area contributed by atoms with Gasteiger partial charge in [-0.3, -0.25) is 10.1 Å². The molecule has 1 aromatic heterocycles.